The first-order chi connectivity index (χ1) is 11.1. The Kier molecular flexibility index (Phi) is 6.86. The lowest BCUT2D eigenvalue weighted by molar-refractivity contribution is -0.0402. The molecule has 0 radical (unpaired) electrons. The minimum Gasteiger partial charge on any atom is -0.394 e. The minimum absolute atomic E-state index is 0.0455. The summed E-state index contributed by atoms with van der Waals surface area (Å²) in [7, 11) is 0. The van der Waals surface area contributed by atoms with Crippen molar-refractivity contribution in [3.8, 4) is 0 Å². The van der Waals surface area contributed by atoms with Gasteiger partial charge in [0, 0.05) is 13.1 Å². The molecule has 1 aromatic rings. The number of ether oxygens (including phenoxy) is 1. The second-order valence-corrected chi connectivity index (χ2v) is 6.35. The number of aryl methyl sites for hydroxylation is 1. The molecule has 1 saturated heterocycles. The number of aliphatic hydroxyl groups is 1. The molecule has 1 heterocycles. The molecule has 1 unspecified atom stereocenters. The normalized spacial score (nSPS) is 18.3. The third-order valence-corrected chi connectivity index (χ3v) is 4.19. The van der Waals surface area contributed by atoms with E-state index in [0.717, 1.165) is 12.8 Å². The van der Waals surface area contributed by atoms with Crippen LogP contribution in [0, 0.1) is 0 Å². The average Bonchev–Trinajstić information content (AvgIpc) is 2.59. The van der Waals surface area contributed by atoms with E-state index in [2.05, 4.69) is 43.4 Å². The zero-order valence-corrected chi connectivity index (χ0v) is 14.1. The van der Waals surface area contributed by atoms with Gasteiger partial charge in [-0.25, -0.2) is 4.79 Å². The lowest BCUT2D eigenvalue weighted by Gasteiger charge is -2.32. The lowest BCUT2D eigenvalue weighted by Crippen LogP contribution is -2.50. The molecule has 0 aliphatic carbocycles. The quantitative estimate of drug-likeness (QED) is 0.790. The molecule has 23 heavy (non-hydrogen) atoms. The summed E-state index contributed by atoms with van der Waals surface area (Å²) in [6, 6.07) is 8.64. The predicted octanol–water partition coefficient (Wildman–Crippen LogP) is 2.15. The molecule has 1 aromatic carbocycles. The molecule has 0 spiro atoms. The van der Waals surface area contributed by atoms with Crippen molar-refractivity contribution in [2.45, 2.75) is 38.7 Å². The predicted molar refractivity (Wildman–Crippen MR) is 90.6 cm³/mol. The Balaban J connectivity index is 1.67. The highest BCUT2D eigenvalue weighted by Gasteiger charge is 2.23. The van der Waals surface area contributed by atoms with Crippen LogP contribution in [0.1, 0.15) is 37.3 Å². The van der Waals surface area contributed by atoms with Gasteiger partial charge in [-0.3, -0.25) is 0 Å². The summed E-state index contributed by atoms with van der Waals surface area (Å²) in [5.41, 5.74) is 2.66. The molecule has 1 aliphatic rings. The van der Waals surface area contributed by atoms with Crippen LogP contribution in [0.5, 0.6) is 0 Å². The van der Waals surface area contributed by atoms with E-state index in [1.54, 1.807) is 4.90 Å². The maximum atomic E-state index is 12.1. The summed E-state index contributed by atoms with van der Waals surface area (Å²) < 4.78 is 5.35. The van der Waals surface area contributed by atoms with Crippen LogP contribution in [0.25, 0.3) is 0 Å². The van der Waals surface area contributed by atoms with Gasteiger partial charge in [0.1, 0.15) is 0 Å². The van der Waals surface area contributed by atoms with Crippen LogP contribution in [0.15, 0.2) is 24.3 Å². The highest BCUT2D eigenvalue weighted by molar-refractivity contribution is 5.74. The number of nitrogens with zero attached hydrogens (tertiary/aromatic N) is 1. The smallest absolute Gasteiger partial charge is 0.317 e. The van der Waals surface area contributed by atoms with Gasteiger partial charge in [0.15, 0.2) is 0 Å². The Morgan fingerprint density at radius 2 is 2.13 bits per heavy atom. The second kappa shape index (κ2) is 8.89. The molecule has 2 N–H and O–H groups in total. The Morgan fingerprint density at radius 3 is 2.78 bits per heavy atom. The molecule has 0 bridgehead atoms. The SMILES string of the molecule is CC(C)c1ccc(CCCNC(=O)N2CCOC(CO)C2)cc1. The van der Waals surface area contributed by atoms with E-state index in [0.29, 0.717) is 32.2 Å². The third kappa shape index (κ3) is 5.52. The summed E-state index contributed by atoms with van der Waals surface area (Å²) >= 11 is 0. The number of urea groups is 1. The maximum absolute atomic E-state index is 12.1. The standard InChI is InChI=1S/C18H28N2O3/c1-14(2)16-7-5-15(6-8-16)4-3-9-19-18(22)20-10-11-23-17(12-20)13-21/h5-8,14,17,21H,3-4,9-13H2,1-2H3,(H,19,22). The van der Waals surface area contributed by atoms with Crippen LogP contribution in [-0.2, 0) is 11.2 Å². The van der Waals surface area contributed by atoms with Crippen molar-refractivity contribution >= 4 is 6.03 Å². The van der Waals surface area contributed by atoms with Gasteiger partial charge in [0.25, 0.3) is 0 Å². The van der Waals surface area contributed by atoms with E-state index >= 15 is 0 Å². The average molecular weight is 320 g/mol. The number of carbonyl (C=O) groups is 1. The molecular weight excluding hydrogens is 292 g/mol. The molecule has 1 aliphatic heterocycles. The lowest BCUT2D eigenvalue weighted by atomic mass is 10.0. The van der Waals surface area contributed by atoms with Gasteiger partial charge in [0.05, 0.1) is 25.9 Å². The summed E-state index contributed by atoms with van der Waals surface area (Å²) in [5.74, 6) is 0.555. The number of rotatable bonds is 6. The molecule has 0 aromatic heterocycles. The van der Waals surface area contributed by atoms with Gasteiger partial charge < -0.3 is 20.1 Å². The Morgan fingerprint density at radius 1 is 1.39 bits per heavy atom. The highest BCUT2D eigenvalue weighted by Crippen LogP contribution is 2.15. The van der Waals surface area contributed by atoms with E-state index in [-0.39, 0.29) is 18.7 Å². The number of benzene rings is 1. The molecular formula is C18H28N2O3. The van der Waals surface area contributed by atoms with Gasteiger partial charge in [-0.2, -0.15) is 0 Å². The summed E-state index contributed by atoms with van der Waals surface area (Å²) in [6.07, 6.45) is 1.62. The van der Waals surface area contributed by atoms with E-state index in [9.17, 15) is 4.79 Å². The van der Waals surface area contributed by atoms with Crippen molar-refractivity contribution < 1.29 is 14.6 Å². The zero-order chi connectivity index (χ0) is 16.7. The van der Waals surface area contributed by atoms with Crippen molar-refractivity contribution in [2.24, 2.45) is 0 Å². The van der Waals surface area contributed by atoms with Gasteiger partial charge in [-0.1, -0.05) is 38.1 Å². The zero-order valence-electron chi connectivity index (χ0n) is 14.1. The van der Waals surface area contributed by atoms with Crippen molar-refractivity contribution in [3.63, 3.8) is 0 Å². The highest BCUT2D eigenvalue weighted by atomic mass is 16.5. The molecule has 0 saturated carbocycles. The van der Waals surface area contributed by atoms with Crippen molar-refractivity contribution in [2.75, 3.05) is 32.8 Å². The summed E-state index contributed by atoms with van der Waals surface area (Å²) in [4.78, 5) is 13.8. The number of morpholine rings is 1. The maximum Gasteiger partial charge on any atom is 0.317 e. The fourth-order valence-corrected chi connectivity index (χ4v) is 2.68. The first-order valence-corrected chi connectivity index (χ1v) is 8.44. The Bertz CT molecular complexity index is 488. The number of nitrogens with one attached hydrogen (secondary N) is 1. The van der Waals surface area contributed by atoms with Crippen LogP contribution in [-0.4, -0.2) is 55.0 Å². The van der Waals surface area contributed by atoms with E-state index in [1.807, 2.05) is 0 Å². The molecule has 5 heteroatoms. The van der Waals surface area contributed by atoms with E-state index < -0.39 is 0 Å². The third-order valence-electron chi connectivity index (χ3n) is 4.19. The van der Waals surface area contributed by atoms with Crippen LogP contribution >= 0.6 is 0 Å². The van der Waals surface area contributed by atoms with Crippen molar-refractivity contribution in [1.82, 2.24) is 10.2 Å². The van der Waals surface area contributed by atoms with Gasteiger partial charge >= 0.3 is 6.03 Å². The number of carbonyl (C=O) groups excluding carboxylic acids is 1. The topological polar surface area (TPSA) is 61.8 Å². The van der Waals surface area contributed by atoms with Gasteiger partial charge in [0.2, 0.25) is 0 Å². The molecule has 1 atom stereocenters. The number of hydrogen-bond acceptors (Lipinski definition) is 3. The van der Waals surface area contributed by atoms with Crippen LogP contribution in [0.3, 0.4) is 0 Å². The molecule has 1 fully saturated rings. The number of aliphatic hydroxyl groups excluding tert-OH is 1. The monoisotopic (exact) mass is 320 g/mol. The molecule has 2 amide bonds. The van der Waals surface area contributed by atoms with Gasteiger partial charge in [-0.15, -0.1) is 0 Å². The minimum atomic E-state index is -0.256. The molecule has 128 valence electrons. The number of amides is 2. The first-order valence-electron chi connectivity index (χ1n) is 8.44. The van der Waals surface area contributed by atoms with Crippen molar-refractivity contribution in [1.29, 1.82) is 0 Å². The molecule has 5 nitrogen and oxygen atoms in total. The van der Waals surface area contributed by atoms with Crippen LogP contribution < -0.4 is 5.32 Å². The summed E-state index contributed by atoms with van der Waals surface area (Å²) in [5, 5.41) is 12.0. The van der Waals surface area contributed by atoms with Crippen LogP contribution in [0.4, 0.5) is 4.79 Å². The second-order valence-electron chi connectivity index (χ2n) is 6.35. The summed E-state index contributed by atoms with van der Waals surface area (Å²) in [6.45, 7) is 6.52. The van der Waals surface area contributed by atoms with Crippen LogP contribution in [0.2, 0.25) is 0 Å². The number of hydrogen-bond donors (Lipinski definition) is 2. The molecule has 2 rings (SSSR count). The Hall–Kier alpha value is -1.59. The first kappa shape index (κ1) is 17.8. The van der Waals surface area contributed by atoms with Crippen molar-refractivity contribution in [3.05, 3.63) is 35.4 Å². The largest absolute Gasteiger partial charge is 0.394 e. The fourth-order valence-electron chi connectivity index (χ4n) is 2.68. The van der Waals surface area contributed by atoms with E-state index in [4.69, 9.17) is 9.84 Å². The fraction of sp³-hybridized carbons (Fsp3) is 0.611. The van der Waals surface area contributed by atoms with Gasteiger partial charge in [-0.05, 0) is 29.9 Å². The Labute approximate surface area is 138 Å². The van der Waals surface area contributed by atoms with E-state index in [1.165, 1.54) is 11.1 Å².